The maximum atomic E-state index is 5.81. The number of halogens is 1. The van der Waals surface area contributed by atoms with Gasteiger partial charge in [0.25, 0.3) is 0 Å². The lowest BCUT2D eigenvalue weighted by Gasteiger charge is -2.08. The van der Waals surface area contributed by atoms with E-state index in [1.807, 2.05) is 42.5 Å². The van der Waals surface area contributed by atoms with Gasteiger partial charge in [0.05, 0.1) is 10.7 Å². The van der Waals surface area contributed by atoms with E-state index in [1.165, 1.54) is 6.20 Å². The van der Waals surface area contributed by atoms with E-state index in [1.54, 1.807) is 6.07 Å². The number of ether oxygens (including phenoxy) is 1. The summed E-state index contributed by atoms with van der Waals surface area (Å²) in [5, 5.41) is 2.75. The molecule has 0 radical (unpaired) electrons. The Kier molecular flexibility index (Phi) is 2.97. The van der Waals surface area contributed by atoms with E-state index in [2.05, 4.69) is 4.98 Å². The highest BCUT2D eigenvalue weighted by Crippen LogP contribution is 2.29. The molecule has 0 unspecified atom stereocenters. The zero-order chi connectivity index (χ0) is 13.2. The molecule has 0 amide bonds. The minimum atomic E-state index is 0.361. The van der Waals surface area contributed by atoms with Crippen molar-refractivity contribution in [2.75, 3.05) is 5.73 Å². The van der Waals surface area contributed by atoms with E-state index >= 15 is 0 Å². The molecule has 0 saturated carbocycles. The van der Waals surface area contributed by atoms with Gasteiger partial charge >= 0.3 is 0 Å². The van der Waals surface area contributed by atoms with Gasteiger partial charge in [-0.15, -0.1) is 0 Å². The zero-order valence-electron chi connectivity index (χ0n) is 10.0. The van der Waals surface area contributed by atoms with Crippen LogP contribution in [0.3, 0.4) is 0 Å². The standard InChI is InChI=1S/C15H11ClN2O/c16-12-8-14(17)15(18-9-12)19-13-6-5-10-3-1-2-4-11(10)7-13/h1-9H,17H2. The molecule has 0 aliphatic carbocycles. The number of aromatic nitrogens is 1. The molecule has 94 valence electrons. The molecule has 1 aromatic heterocycles. The van der Waals surface area contributed by atoms with Gasteiger partial charge in [0, 0.05) is 6.20 Å². The number of hydrogen-bond donors (Lipinski definition) is 1. The molecule has 2 N–H and O–H groups in total. The average Bonchev–Trinajstić information content (AvgIpc) is 2.42. The molecule has 3 nitrogen and oxygen atoms in total. The van der Waals surface area contributed by atoms with Crippen molar-refractivity contribution >= 4 is 28.1 Å². The molecule has 0 saturated heterocycles. The van der Waals surface area contributed by atoms with Crippen LogP contribution in [0.5, 0.6) is 11.6 Å². The fourth-order valence-electron chi connectivity index (χ4n) is 1.87. The van der Waals surface area contributed by atoms with Crippen LogP contribution in [0.25, 0.3) is 10.8 Å². The van der Waals surface area contributed by atoms with Crippen LogP contribution >= 0.6 is 11.6 Å². The lowest BCUT2D eigenvalue weighted by atomic mass is 10.1. The summed E-state index contributed by atoms with van der Waals surface area (Å²) in [5.74, 6) is 1.06. The molecule has 3 aromatic rings. The monoisotopic (exact) mass is 270 g/mol. The van der Waals surface area contributed by atoms with Gasteiger partial charge in [-0.1, -0.05) is 41.9 Å². The maximum Gasteiger partial charge on any atom is 0.242 e. The van der Waals surface area contributed by atoms with Crippen molar-refractivity contribution in [3.05, 3.63) is 59.8 Å². The Hall–Kier alpha value is -2.26. The fourth-order valence-corrected chi connectivity index (χ4v) is 2.04. The van der Waals surface area contributed by atoms with E-state index < -0.39 is 0 Å². The third-order valence-electron chi connectivity index (χ3n) is 2.78. The van der Waals surface area contributed by atoms with E-state index in [4.69, 9.17) is 22.1 Å². The first-order valence-corrected chi connectivity index (χ1v) is 6.18. The highest BCUT2D eigenvalue weighted by molar-refractivity contribution is 6.30. The van der Waals surface area contributed by atoms with Crippen molar-refractivity contribution in [2.24, 2.45) is 0 Å². The SMILES string of the molecule is Nc1cc(Cl)cnc1Oc1ccc2ccccc2c1. The normalized spacial score (nSPS) is 10.6. The second kappa shape index (κ2) is 4.78. The molecule has 0 bridgehead atoms. The van der Waals surface area contributed by atoms with E-state index in [9.17, 15) is 0 Å². The van der Waals surface area contributed by atoms with Crippen LogP contribution < -0.4 is 10.5 Å². The number of anilines is 1. The first-order valence-electron chi connectivity index (χ1n) is 5.80. The second-order valence-corrected chi connectivity index (χ2v) is 4.60. The molecule has 0 atom stereocenters. The van der Waals surface area contributed by atoms with Gasteiger partial charge in [-0.25, -0.2) is 4.98 Å². The Morgan fingerprint density at radius 3 is 2.58 bits per heavy atom. The number of benzene rings is 2. The van der Waals surface area contributed by atoms with Crippen molar-refractivity contribution in [1.29, 1.82) is 0 Å². The third kappa shape index (κ3) is 2.46. The van der Waals surface area contributed by atoms with Crippen molar-refractivity contribution in [3.8, 4) is 11.6 Å². The smallest absolute Gasteiger partial charge is 0.242 e. The molecular weight excluding hydrogens is 260 g/mol. The third-order valence-corrected chi connectivity index (χ3v) is 2.99. The van der Waals surface area contributed by atoms with Gasteiger partial charge in [-0.3, -0.25) is 0 Å². The van der Waals surface area contributed by atoms with Crippen LogP contribution in [0.2, 0.25) is 5.02 Å². The summed E-state index contributed by atoms with van der Waals surface area (Å²) in [6.07, 6.45) is 1.51. The summed E-state index contributed by atoms with van der Waals surface area (Å²) in [5.41, 5.74) is 6.23. The van der Waals surface area contributed by atoms with Gasteiger partial charge in [-0.2, -0.15) is 0 Å². The number of nitrogen functional groups attached to an aromatic ring is 1. The van der Waals surface area contributed by atoms with Crippen LogP contribution in [0.1, 0.15) is 0 Å². The summed E-state index contributed by atoms with van der Waals surface area (Å²) in [4.78, 5) is 4.07. The van der Waals surface area contributed by atoms with Gasteiger partial charge < -0.3 is 10.5 Å². The van der Waals surface area contributed by atoms with E-state index in [-0.39, 0.29) is 0 Å². The summed E-state index contributed by atoms with van der Waals surface area (Å²) < 4.78 is 5.68. The molecule has 3 rings (SSSR count). The summed E-state index contributed by atoms with van der Waals surface area (Å²) in [7, 11) is 0. The van der Waals surface area contributed by atoms with Crippen LogP contribution in [0, 0.1) is 0 Å². The van der Waals surface area contributed by atoms with Gasteiger partial charge in [-0.05, 0) is 29.0 Å². The van der Waals surface area contributed by atoms with Crippen LogP contribution in [0.15, 0.2) is 54.7 Å². The van der Waals surface area contributed by atoms with Gasteiger partial charge in [0.15, 0.2) is 0 Å². The van der Waals surface area contributed by atoms with Crippen LogP contribution in [-0.4, -0.2) is 4.98 Å². The Morgan fingerprint density at radius 1 is 1.00 bits per heavy atom. The molecule has 0 fully saturated rings. The highest BCUT2D eigenvalue weighted by Gasteiger charge is 2.05. The Labute approximate surface area is 115 Å². The van der Waals surface area contributed by atoms with Crippen molar-refractivity contribution in [2.45, 2.75) is 0 Å². The molecule has 2 aromatic carbocycles. The number of nitrogens with two attached hydrogens (primary N) is 1. The first kappa shape index (κ1) is 11.8. The largest absolute Gasteiger partial charge is 0.437 e. The molecule has 4 heteroatoms. The van der Waals surface area contributed by atoms with E-state index in [0.717, 1.165) is 10.8 Å². The van der Waals surface area contributed by atoms with Crippen molar-refractivity contribution in [1.82, 2.24) is 4.98 Å². The number of pyridine rings is 1. The lowest BCUT2D eigenvalue weighted by molar-refractivity contribution is 0.466. The second-order valence-electron chi connectivity index (χ2n) is 4.16. The molecule has 19 heavy (non-hydrogen) atoms. The van der Waals surface area contributed by atoms with E-state index in [0.29, 0.717) is 22.3 Å². The molecule has 0 aliphatic heterocycles. The summed E-state index contributed by atoms with van der Waals surface area (Å²) in [6, 6.07) is 15.5. The molecular formula is C15H11ClN2O. The van der Waals surface area contributed by atoms with Gasteiger partial charge in [0.1, 0.15) is 5.75 Å². The number of nitrogens with zero attached hydrogens (tertiary/aromatic N) is 1. The number of fused-ring (bicyclic) bond motifs is 1. The molecule has 1 heterocycles. The predicted molar refractivity (Wildman–Crippen MR) is 77.7 cm³/mol. The lowest BCUT2D eigenvalue weighted by Crippen LogP contribution is -1.94. The predicted octanol–water partition coefficient (Wildman–Crippen LogP) is 4.26. The Balaban J connectivity index is 1.96. The maximum absolute atomic E-state index is 5.81. The Morgan fingerprint density at radius 2 is 1.79 bits per heavy atom. The van der Waals surface area contributed by atoms with Crippen LogP contribution in [-0.2, 0) is 0 Å². The number of hydrogen-bond acceptors (Lipinski definition) is 3. The van der Waals surface area contributed by atoms with Crippen LogP contribution in [0.4, 0.5) is 5.69 Å². The first-order chi connectivity index (χ1) is 9.22. The molecule has 0 aliphatic rings. The average molecular weight is 271 g/mol. The molecule has 0 spiro atoms. The zero-order valence-corrected chi connectivity index (χ0v) is 10.8. The minimum Gasteiger partial charge on any atom is -0.437 e. The van der Waals surface area contributed by atoms with Crippen molar-refractivity contribution < 1.29 is 4.74 Å². The number of rotatable bonds is 2. The topological polar surface area (TPSA) is 48.1 Å². The Bertz CT molecular complexity index is 743. The van der Waals surface area contributed by atoms with Gasteiger partial charge in [0.2, 0.25) is 5.88 Å². The summed E-state index contributed by atoms with van der Waals surface area (Å²) >= 11 is 5.80. The summed E-state index contributed by atoms with van der Waals surface area (Å²) in [6.45, 7) is 0. The highest BCUT2D eigenvalue weighted by atomic mass is 35.5. The van der Waals surface area contributed by atoms with Crippen molar-refractivity contribution in [3.63, 3.8) is 0 Å². The quantitative estimate of drug-likeness (QED) is 0.757. The fraction of sp³-hybridized carbons (Fsp3) is 0. The minimum absolute atomic E-state index is 0.361.